The van der Waals surface area contributed by atoms with Crippen molar-refractivity contribution in [3.05, 3.63) is 34.9 Å². The van der Waals surface area contributed by atoms with Crippen LogP contribution in [0.25, 0.3) is 0 Å². The number of nitrogens with zero attached hydrogens (tertiary/aromatic N) is 1. The van der Waals surface area contributed by atoms with Gasteiger partial charge in [0.2, 0.25) is 0 Å². The maximum atomic E-state index is 13.4. The van der Waals surface area contributed by atoms with Crippen molar-refractivity contribution in [3.8, 4) is 0 Å². The molecular weight excluding hydrogens is 512 g/mol. The van der Waals surface area contributed by atoms with E-state index in [0.717, 1.165) is 30.6 Å². The molecule has 0 saturated carbocycles. The van der Waals surface area contributed by atoms with Crippen LogP contribution in [-0.2, 0) is 21.9 Å². The van der Waals surface area contributed by atoms with Crippen molar-refractivity contribution in [1.82, 2.24) is 4.90 Å². The predicted octanol–water partition coefficient (Wildman–Crippen LogP) is 8.43. The number of benzene rings is 1. The largest absolute Gasteiger partial charge is 0.465 e. The predicted molar refractivity (Wildman–Crippen MR) is 132 cm³/mol. The molecule has 0 radical (unpaired) electrons. The Labute approximate surface area is 221 Å². The number of unbranched alkanes of at least 4 members (excludes halogenated alkanes) is 10. The minimum atomic E-state index is -4.98. The van der Waals surface area contributed by atoms with Crippen LogP contribution in [0.15, 0.2) is 18.2 Å². The SMILES string of the molecule is CCCCCCCCCCCCCOC(=O)C1CCN(C(=O)c2cc(C(F)(F)F)ccc2C(F)(F)F)CC1. The molecule has 0 unspecified atom stereocenters. The van der Waals surface area contributed by atoms with Gasteiger partial charge in [-0.2, -0.15) is 26.3 Å². The van der Waals surface area contributed by atoms with Crippen LogP contribution in [0.4, 0.5) is 26.3 Å². The van der Waals surface area contributed by atoms with Gasteiger partial charge < -0.3 is 9.64 Å². The first kappa shape index (κ1) is 32.0. The fourth-order valence-electron chi connectivity index (χ4n) is 4.69. The van der Waals surface area contributed by atoms with Crippen molar-refractivity contribution >= 4 is 11.9 Å². The minimum absolute atomic E-state index is 0.0371. The summed E-state index contributed by atoms with van der Waals surface area (Å²) in [4.78, 5) is 26.2. The number of carbonyl (C=O) groups excluding carboxylic acids is 2. The van der Waals surface area contributed by atoms with Gasteiger partial charge in [0.05, 0.1) is 29.2 Å². The molecule has 1 aromatic carbocycles. The lowest BCUT2D eigenvalue weighted by molar-refractivity contribution is -0.150. The Bertz CT molecular complexity index is 876. The molecule has 216 valence electrons. The van der Waals surface area contributed by atoms with Gasteiger partial charge in [0.25, 0.3) is 5.91 Å². The van der Waals surface area contributed by atoms with Gasteiger partial charge in [-0.05, 0) is 37.5 Å². The Morgan fingerprint density at radius 1 is 0.816 bits per heavy atom. The van der Waals surface area contributed by atoms with Crippen LogP contribution in [0.3, 0.4) is 0 Å². The summed E-state index contributed by atoms with van der Waals surface area (Å²) in [5.41, 5.74) is -3.77. The Hall–Kier alpha value is -2.26. The van der Waals surface area contributed by atoms with Crippen LogP contribution in [0.2, 0.25) is 0 Å². The molecule has 0 N–H and O–H groups in total. The molecule has 1 aromatic rings. The Morgan fingerprint density at radius 3 is 1.84 bits per heavy atom. The number of hydrogen-bond donors (Lipinski definition) is 0. The second kappa shape index (κ2) is 15.4. The topological polar surface area (TPSA) is 46.6 Å². The molecule has 1 amide bonds. The van der Waals surface area contributed by atoms with Crippen molar-refractivity contribution in [2.75, 3.05) is 19.7 Å². The number of piperidine rings is 1. The fourth-order valence-corrected chi connectivity index (χ4v) is 4.69. The number of alkyl halides is 6. The molecule has 1 aliphatic rings. The number of hydrogen-bond acceptors (Lipinski definition) is 3. The van der Waals surface area contributed by atoms with Gasteiger partial charge in [-0.3, -0.25) is 9.59 Å². The molecule has 0 bridgehead atoms. The standard InChI is InChI=1S/C28H39F6NO3/c1-2-3-4-5-6-7-8-9-10-11-12-19-38-26(37)21-15-17-35(18-16-21)25(36)23-20-22(27(29,30)31)13-14-24(23)28(32,33)34/h13-14,20-21H,2-12,15-19H2,1H3. The van der Waals surface area contributed by atoms with E-state index in [-0.39, 0.29) is 38.1 Å². The van der Waals surface area contributed by atoms with Gasteiger partial charge in [-0.25, -0.2) is 0 Å². The third-order valence-electron chi connectivity index (χ3n) is 6.99. The van der Waals surface area contributed by atoms with Crippen molar-refractivity contribution in [3.63, 3.8) is 0 Å². The maximum Gasteiger partial charge on any atom is 0.417 e. The molecule has 1 saturated heterocycles. The fraction of sp³-hybridized carbons (Fsp3) is 0.714. The van der Waals surface area contributed by atoms with Crippen LogP contribution >= 0.6 is 0 Å². The quantitative estimate of drug-likeness (QED) is 0.132. The van der Waals surface area contributed by atoms with Crippen molar-refractivity contribution < 1.29 is 40.7 Å². The summed E-state index contributed by atoms with van der Waals surface area (Å²) in [6.07, 6.45) is 3.40. The molecule has 2 rings (SSSR count). The minimum Gasteiger partial charge on any atom is -0.465 e. The van der Waals surface area contributed by atoms with Gasteiger partial charge >= 0.3 is 18.3 Å². The second-order valence-electron chi connectivity index (χ2n) is 10.0. The van der Waals surface area contributed by atoms with E-state index in [2.05, 4.69) is 6.92 Å². The number of halogens is 6. The summed E-state index contributed by atoms with van der Waals surface area (Å²) < 4.78 is 84.6. The summed E-state index contributed by atoms with van der Waals surface area (Å²) in [7, 11) is 0. The highest BCUT2D eigenvalue weighted by molar-refractivity contribution is 5.96. The smallest absolute Gasteiger partial charge is 0.417 e. The molecule has 10 heteroatoms. The summed E-state index contributed by atoms with van der Waals surface area (Å²) >= 11 is 0. The van der Waals surface area contributed by atoms with Gasteiger partial charge in [-0.1, -0.05) is 71.1 Å². The number of esters is 1. The van der Waals surface area contributed by atoms with Crippen molar-refractivity contribution in [1.29, 1.82) is 0 Å². The van der Waals surface area contributed by atoms with Crippen molar-refractivity contribution in [2.45, 2.75) is 103 Å². The van der Waals surface area contributed by atoms with Crippen LogP contribution in [0, 0.1) is 5.92 Å². The van der Waals surface area contributed by atoms with E-state index in [1.807, 2.05) is 0 Å². The van der Waals surface area contributed by atoms with Crippen molar-refractivity contribution in [2.24, 2.45) is 5.92 Å². The molecule has 38 heavy (non-hydrogen) atoms. The summed E-state index contributed by atoms with van der Waals surface area (Å²) in [5, 5.41) is 0. The Balaban J connectivity index is 1.73. The molecule has 0 aliphatic carbocycles. The van der Waals surface area contributed by atoms with Gasteiger partial charge in [0, 0.05) is 13.1 Å². The zero-order valence-corrected chi connectivity index (χ0v) is 22.1. The molecular formula is C28H39F6NO3. The first-order chi connectivity index (χ1) is 17.9. The summed E-state index contributed by atoms with van der Waals surface area (Å²) in [6, 6.07) is 0.853. The highest BCUT2D eigenvalue weighted by atomic mass is 19.4. The molecule has 0 spiro atoms. The van der Waals surface area contributed by atoms with E-state index < -0.39 is 46.8 Å². The zero-order chi connectivity index (χ0) is 28.2. The van der Waals surface area contributed by atoms with Crippen LogP contribution in [0.1, 0.15) is 112 Å². The Kier molecular flexibility index (Phi) is 12.9. The van der Waals surface area contributed by atoms with Gasteiger partial charge in [0.1, 0.15) is 0 Å². The van der Waals surface area contributed by atoms with E-state index >= 15 is 0 Å². The lowest BCUT2D eigenvalue weighted by Crippen LogP contribution is -2.41. The van der Waals surface area contributed by atoms with E-state index in [1.165, 1.54) is 44.9 Å². The number of rotatable bonds is 14. The number of amides is 1. The lowest BCUT2D eigenvalue weighted by atomic mass is 9.95. The first-order valence-corrected chi connectivity index (χ1v) is 13.7. The molecule has 0 atom stereocenters. The van der Waals surface area contributed by atoms with Crippen LogP contribution in [-0.4, -0.2) is 36.5 Å². The maximum absolute atomic E-state index is 13.4. The number of likely N-dealkylation sites (tertiary alicyclic amines) is 1. The van der Waals surface area contributed by atoms with E-state index in [4.69, 9.17) is 4.74 Å². The first-order valence-electron chi connectivity index (χ1n) is 13.7. The number of carbonyl (C=O) groups is 2. The second-order valence-corrected chi connectivity index (χ2v) is 10.0. The zero-order valence-electron chi connectivity index (χ0n) is 22.1. The lowest BCUT2D eigenvalue weighted by Gasteiger charge is -2.31. The molecule has 1 fully saturated rings. The monoisotopic (exact) mass is 551 g/mol. The molecule has 1 aliphatic heterocycles. The molecule has 0 aromatic heterocycles. The highest BCUT2D eigenvalue weighted by Gasteiger charge is 2.40. The van der Waals surface area contributed by atoms with E-state index in [1.54, 1.807) is 0 Å². The van der Waals surface area contributed by atoms with Crippen LogP contribution < -0.4 is 0 Å². The average molecular weight is 552 g/mol. The van der Waals surface area contributed by atoms with Crippen LogP contribution in [0.5, 0.6) is 0 Å². The molecule has 4 nitrogen and oxygen atoms in total. The van der Waals surface area contributed by atoms with Gasteiger partial charge in [-0.15, -0.1) is 0 Å². The van der Waals surface area contributed by atoms with Gasteiger partial charge in [0.15, 0.2) is 0 Å². The number of ether oxygens (including phenoxy) is 1. The molecule has 1 heterocycles. The summed E-state index contributed by atoms with van der Waals surface area (Å²) in [5.74, 6) is -2.02. The highest BCUT2D eigenvalue weighted by Crippen LogP contribution is 2.37. The average Bonchev–Trinajstić information content (AvgIpc) is 2.87. The summed E-state index contributed by atoms with van der Waals surface area (Å²) in [6.45, 7) is 2.43. The van der Waals surface area contributed by atoms with E-state index in [0.29, 0.717) is 12.7 Å². The van der Waals surface area contributed by atoms with E-state index in [9.17, 15) is 35.9 Å². The third kappa shape index (κ3) is 10.5. The normalized spacial score (nSPS) is 15.1. The Morgan fingerprint density at radius 2 is 1.34 bits per heavy atom. The third-order valence-corrected chi connectivity index (χ3v) is 6.99.